The second-order valence-corrected chi connectivity index (χ2v) is 4.49. The SMILES string of the molecule is COc1ccc2ccc(-n3[nH]c(=O)cc3C)cc2c1. The molecule has 2 aromatic carbocycles. The molecule has 0 amide bonds. The Labute approximate surface area is 110 Å². The van der Waals surface area contributed by atoms with Gasteiger partial charge < -0.3 is 4.74 Å². The molecule has 3 rings (SSSR count). The van der Waals surface area contributed by atoms with Crippen molar-refractivity contribution in [1.82, 2.24) is 9.78 Å². The van der Waals surface area contributed by atoms with Crippen molar-refractivity contribution < 1.29 is 4.74 Å². The fourth-order valence-electron chi connectivity index (χ4n) is 2.23. The molecule has 0 bridgehead atoms. The van der Waals surface area contributed by atoms with Crippen LogP contribution in [0.15, 0.2) is 47.3 Å². The molecular weight excluding hydrogens is 240 g/mol. The Hall–Kier alpha value is -2.49. The predicted molar refractivity (Wildman–Crippen MR) is 75.2 cm³/mol. The third-order valence-corrected chi connectivity index (χ3v) is 3.20. The average Bonchev–Trinajstić information content (AvgIpc) is 2.76. The summed E-state index contributed by atoms with van der Waals surface area (Å²) in [5, 5.41) is 4.99. The number of nitrogens with zero attached hydrogens (tertiary/aromatic N) is 1. The maximum Gasteiger partial charge on any atom is 0.264 e. The molecule has 0 radical (unpaired) electrons. The Balaban J connectivity index is 2.20. The van der Waals surface area contributed by atoms with Gasteiger partial charge in [-0.25, -0.2) is 0 Å². The largest absolute Gasteiger partial charge is 0.497 e. The molecule has 96 valence electrons. The Bertz CT molecular complexity index is 799. The second-order valence-electron chi connectivity index (χ2n) is 4.49. The van der Waals surface area contributed by atoms with Gasteiger partial charge in [0.25, 0.3) is 5.56 Å². The molecule has 0 aliphatic rings. The van der Waals surface area contributed by atoms with Gasteiger partial charge in [-0.3, -0.25) is 14.6 Å². The van der Waals surface area contributed by atoms with E-state index in [2.05, 4.69) is 5.10 Å². The van der Waals surface area contributed by atoms with Crippen LogP contribution in [0.3, 0.4) is 0 Å². The van der Waals surface area contributed by atoms with E-state index in [0.29, 0.717) is 0 Å². The van der Waals surface area contributed by atoms with Crippen molar-refractivity contribution in [3.63, 3.8) is 0 Å². The fraction of sp³-hybridized carbons (Fsp3) is 0.133. The molecule has 0 unspecified atom stereocenters. The lowest BCUT2D eigenvalue weighted by molar-refractivity contribution is 0.415. The zero-order chi connectivity index (χ0) is 13.4. The maximum absolute atomic E-state index is 11.4. The number of fused-ring (bicyclic) bond motifs is 1. The monoisotopic (exact) mass is 254 g/mol. The second kappa shape index (κ2) is 4.31. The van der Waals surface area contributed by atoms with E-state index >= 15 is 0 Å². The lowest BCUT2D eigenvalue weighted by Gasteiger charge is -2.08. The zero-order valence-corrected chi connectivity index (χ0v) is 10.8. The van der Waals surface area contributed by atoms with E-state index in [4.69, 9.17) is 4.74 Å². The summed E-state index contributed by atoms with van der Waals surface area (Å²) in [6, 6.07) is 13.6. The van der Waals surface area contributed by atoms with Gasteiger partial charge in [-0.1, -0.05) is 12.1 Å². The molecule has 0 aliphatic heterocycles. The van der Waals surface area contributed by atoms with Crippen molar-refractivity contribution >= 4 is 10.8 Å². The number of aromatic nitrogens is 2. The summed E-state index contributed by atoms with van der Waals surface area (Å²) in [6.45, 7) is 1.90. The number of aryl methyl sites for hydroxylation is 1. The number of H-pyrrole nitrogens is 1. The quantitative estimate of drug-likeness (QED) is 0.764. The summed E-state index contributed by atoms with van der Waals surface area (Å²) >= 11 is 0. The van der Waals surface area contributed by atoms with E-state index in [1.165, 1.54) is 0 Å². The highest BCUT2D eigenvalue weighted by molar-refractivity contribution is 5.85. The lowest BCUT2D eigenvalue weighted by Crippen LogP contribution is -2.04. The molecule has 1 N–H and O–H groups in total. The van der Waals surface area contributed by atoms with Crippen LogP contribution >= 0.6 is 0 Å². The molecule has 4 nitrogen and oxygen atoms in total. The van der Waals surface area contributed by atoms with Gasteiger partial charge in [0.2, 0.25) is 0 Å². The fourth-order valence-corrected chi connectivity index (χ4v) is 2.23. The zero-order valence-electron chi connectivity index (χ0n) is 10.8. The van der Waals surface area contributed by atoms with E-state index in [1.807, 2.05) is 43.3 Å². The number of hydrogen-bond acceptors (Lipinski definition) is 2. The summed E-state index contributed by atoms with van der Waals surface area (Å²) in [5.41, 5.74) is 1.72. The standard InChI is InChI=1S/C15H14N2O2/c1-10-7-15(18)16-17(10)13-5-3-11-4-6-14(19-2)9-12(11)8-13/h3-9H,1-2H3,(H,16,18). The normalized spacial score (nSPS) is 10.8. The molecule has 0 spiro atoms. The van der Waals surface area contributed by atoms with Crippen molar-refractivity contribution in [2.45, 2.75) is 6.92 Å². The first-order valence-electron chi connectivity index (χ1n) is 6.04. The molecule has 0 saturated carbocycles. The smallest absolute Gasteiger partial charge is 0.264 e. The van der Waals surface area contributed by atoms with E-state index < -0.39 is 0 Å². The van der Waals surface area contributed by atoms with E-state index in [-0.39, 0.29) is 5.56 Å². The number of benzene rings is 2. The van der Waals surface area contributed by atoms with Crippen LogP contribution in [0.4, 0.5) is 0 Å². The molecule has 1 aromatic heterocycles. The van der Waals surface area contributed by atoms with Gasteiger partial charge in [-0.2, -0.15) is 0 Å². The molecule has 0 atom stereocenters. The number of hydrogen-bond donors (Lipinski definition) is 1. The maximum atomic E-state index is 11.4. The van der Waals surface area contributed by atoms with E-state index in [1.54, 1.807) is 17.9 Å². The van der Waals surface area contributed by atoms with Crippen LogP contribution in [0.5, 0.6) is 5.75 Å². The average molecular weight is 254 g/mol. The molecule has 0 fully saturated rings. The van der Waals surface area contributed by atoms with Crippen LogP contribution in [0.1, 0.15) is 5.69 Å². The van der Waals surface area contributed by atoms with Crippen LogP contribution < -0.4 is 10.3 Å². The Morgan fingerprint density at radius 2 is 1.84 bits per heavy atom. The van der Waals surface area contributed by atoms with Crippen LogP contribution in [0.2, 0.25) is 0 Å². The van der Waals surface area contributed by atoms with Crippen LogP contribution in [-0.2, 0) is 0 Å². The van der Waals surface area contributed by atoms with E-state index in [0.717, 1.165) is 27.9 Å². The number of nitrogens with one attached hydrogen (secondary N) is 1. The van der Waals surface area contributed by atoms with Crippen molar-refractivity contribution in [2.24, 2.45) is 0 Å². The Morgan fingerprint density at radius 3 is 2.53 bits per heavy atom. The number of aromatic amines is 1. The minimum Gasteiger partial charge on any atom is -0.497 e. The molecule has 1 heterocycles. The number of methoxy groups -OCH3 is 1. The molecule has 19 heavy (non-hydrogen) atoms. The van der Waals surface area contributed by atoms with Crippen molar-refractivity contribution in [3.8, 4) is 11.4 Å². The first-order valence-corrected chi connectivity index (χ1v) is 6.04. The van der Waals surface area contributed by atoms with E-state index in [9.17, 15) is 4.79 Å². The minimum absolute atomic E-state index is 0.0942. The van der Waals surface area contributed by atoms with Crippen molar-refractivity contribution in [2.75, 3.05) is 7.11 Å². The number of ether oxygens (including phenoxy) is 1. The lowest BCUT2D eigenvalue weighted by atomic mass is 10.1. The first kappa shape index (κ1) is 11.6. The first-order chi connectivity index (χ1) is 9.17. The minimum atomic E-state index is -0.0942. The predicted octanol–water partition coefficient (Wildman–Crippen LogP) is 2.64. The summed E-state index contributed by atoms with van der Waals surface area (Å²) in [7, 11) is 1.65. The molecule has 0 aliphatic carbocycles. The highest BCUT2D eigenvalue weighted by Crippen LogP contribution is 2.23. The summed E-state index contributed by atoms with van der Waals surface area (Å²) in [4.78, 5) is 11.4. The van der Waals surface area contributed by atoms with Crippen LogP contribution in [0.25, 0.3) is 16.5 Å². The van der Waals surface area contributed by atoms with Gasteiger partial charge in [0.05, 0.1) is 12.8 Å². The summed E-state index contributed by atoms with van der Waals surface area (Å²) in [6.07, 6.45) is 0. The third-order valence-electron chi connectivity index (χ3n) is 3.20. The van der Waals surface area contributed by atoms with Crippen molar-refractivity contribution in [1.29, 1.82) is 0 Å². The summed E-state index contributed by atoms with van der Waals surface area (Å²) in [5.74, 6) is 0.822. The van der Waals surface area contributed by atoms with Crippen LogP contribution in [0, 0.1) is 6.92 Å². The molecule has 4 heteroatoms. The van der Waals surface area contributed by atoms with Gasteiger partial charge in [0, 0.05) is 11.8 Å². The molecule has 3 aromatic rings. The highest BCUT2D eigenvalue weighted by Gasteiger charge is 2.04. The Morgan fingerprint density at radius 1 is 1.05 bits per heavy atom. The van der Waals surface area contributed by atoms with Crippen LogP contribution in [-0.4, -0.2) is 16.9 Å². The molecule has 0 saturated heterocycles. The molecular formula is C15H14N2O2. The topological polar surface area (TPSA) is 47.0 Å². The van der Waals surface area contributed by atoms with Gasteiger partial charge in [-0.15, -0.1) is 0 Å². The van der Waals surface area contributed by atoms with Gasteiger partial charge in [-0.05, 0) is 42.0 Å². The Kier molecular flexibility index (Phi) is 2.63. The number of rotatable bonds is 2. The van der Waals surface area contributed by atoms with Crippen molar-refractivity contribution in [3.05, 3.63) is 58.5 Å². The van der Waals surface area contributed by atoms with Gasteiger partial charge in [0.1, 0.15) is 5.75 Å². The third kappa shape index (κ3) is 2.01. The van der Waals surface area contributed by atoms with Gasteiger partial charge >= 0.3 is 0 Å². The summed E-state index contributed by atoms with van der Waals surface area (Å²) < 4.78 is 7.01. The van der Waals surface area contributed by atoms with Gasteiger partial charge in [0.15, 0.2) is 0 Å². The highest BCUT2D eigenvalue weighted by atomic mass is 16.5.